The molecule has 5 heteroatoms. The number of carbonyl (C=O) groups excluding carboxylic acids is 2. The molecule has 0 fully saturated rings. The molecule has 148 valence electrons. The van der Waals surface area contributed by atoms with Crippen molar-refractivity contribution < 1.29 is 14.0 Å². The largest absolute Gasteiger partial charge is 0.352 e. The third kappa shape index (κ3) is 6.01. The molecule has 3 rings (SSSR count). The normalized spacial score (nSPS) is 10.4. The molecule has 0 aliphatic carbocycles. The molecule has 2 N–H and O–H groups in total. The van der Waals surface area contributed by atoms with E-state index in [1.165, 1.54) is 12.1 Å². The van der Waals surface area contributed by atoms with Crippen molar-refractivity contribution in [3.8, 4) is 0 Å². The van der Waals surface area contributed by atoms with Crippen molar-refractivity contribution in [2.75, 3.05) is 6.54 Å². The molecule has 0 radical (unpaired) electrons. The lowest BCUT2D eigenvalue weighted by molar-refractivity contribution is 0.0940. The summed E-state index contributed by atoms with van der Waals surface area (Å²) in [6.45, 7) is 2.91. The van der Waals surface area contributed by atoms with E-state index in [1.807, 2.05) is 31.2 Å². The number of rotatable bonds is 7. The van der Waals surface area contributed by atoms with Gasteiger partial charge in [-0.2, -0.15) is 0 Å². The lowest BCUT2D eigenvalue weighted by atomic mass is 10.1. The van der Waals surface area contributed by atoms with Crippen LogP contribution >= 0.6 is 0 Å². The first kappa shape index (κ1) is 20.3. The molecule has 0 saturated carbocycles. The van der Waals surface area contributed by atoms with Gasteiger partial charge in [0.2, 0.25) is 0 Å². The highest BCUT2D eigenvalue weighted by molar-refractivity contribution is 5.97. The number of aryl methyl sites for hydroxylation is 1. The molecule has 0 heterocycles. The van der Waals surface area contributed by atoms with Gasteiger partial charge in [-0.15, -0.1) is 0 Å². The van der Waals surface area contributed by atoms with Crippen LogP contribution in [0.5, 0.6) is 0 Å². The van der Waals surface area contributed by atoms with Gasteiger partial charge in [0, 0.05) is 24.2 Å². The van der Waals surface area contributed by atoms with Crippen molar-refractivity contribution in [1.82, 2.24) is 10.6 Å². The van der Waals surface area contributed by atoms with Crippen LogP contribution in [-0.2, 0) is 13.0 Å². The van der Waals surface area contributed by atoms with E-state index in [9.17, 15) is 14.0 Å². The summed E-state index contributed by atoms with van der Waals surface area (Å²) >= 11 is 0. The Morgan fingerprint density at radius 2 is 1.41 bits per heavy atom. The van der Waals surface area contributed by atoms with Crippen molar-refractivity contribution in [3.05, 3.63) is 106 Å². The molecule has 0 saturated heterocycles. The van der Waals surface area contributed by atoms with Gasteiger partial charge in [0.05, 0.1) is 0 Å². The van der Waals surface area contributed by atoms with Gasteiger partial charge >= 0.3 is 0 Å². The highest BCUT2D eigenvalue weighted by atomic mass is 19.1. The zero-order valence-corrected chi connectivity index (χ0v) is 16.2. The van der Waals surface area contributed by atoms with Crippen molar-refractivity contribution in [3.63, 3.8) is 0 Å². The van der Waals surface area contributed by atoms with E-state index in [0.29, 0.717) is 30.6 Å². The van der Waals surface area contributed by atoms with Crippen molar-refractivity contribution in [2.24, 2.45) is 0 Å². The molecule has 0 atom stereocenters. The second kappa shape index (κ2) is 9.64. The minimum Gasteiger partial charge on any atom is -0.352 e. The summed E-state index contributed by atoms with van der Waals surface area (Å²) in [6, 6.07) is 20.7. The molecule has 29 heavy (non-hydrogen) atoms. The van der Waals surface area contributed by atoms with Crippen LogP contribution in [0.3, 0.4) is 0 Å². The van der Waals surface area contributed by atoms with Gasteiger partial charge in [0.25, 0.3) is 11.8 Å². The minimum atomic E-state index is -0.277. The first-order chi connectivity index (χ1) is 14.0. The first-order valence-electron chi connectivity index (χ1n) is 9.48. The Morgan fingerprint density at radius 1 is 0.793 bits per heavy atom. The number of nitrogens with one attached hydrogen (secondary N) is 2. The average Bonchev–Trinajstić information content (AvgIpc) is 2.73. The summed E-state index contributed by atoms with van der Waals surface area (Å²) in [7, 11) is 0. The number of halogens is 1. The minimum absolute atomic E-state index is 0.185. The monoisotopic (exact) mass is 390 g/mol. The maximum atomic E-state index is 12.9. The van der Waals surface area contributed by atoms with E-state index in [0.717, 1.165) is 16.7 Å². The topological polar surface area (TPSA) is 58.2 Å². The van der Waals surface area contributed by atoms with Crippen LogP contribution in [0.4, 0.5) is 4.39 Å². The molecule has 0 bridgehead atoms. The van der Waals surface area contributed by atoms with Gasteiger partial charge in [-0.3, -0.25) is 9.59 Å². The molecule has 0 aliphatic heterocycles. The van der Waals surface area contributed by atoms with Crippen LogP contribution < -0.4 is 10.6 Å². The van der Waals surface area contributed by atoms with Crippen LogP contribution in [0.15, 0.2) is 72.8 Å². The number of benzene rings is 3. The van der Waals surface area contributed by atoms with Gasteiger partial charge in [-0.25, -0.2) is 4.39 Å². The summed E-state index contributed by atoms with van der Waals surface area (Å²) in [5.41, 5.74) is 4.12. The van der Waals surface area contributed by atoms with Gasteiger partial charge in [-0.05, 0) is 60.9 Å². The van der Waals surface area contributed by atoms with Gasteiger partial charge in [0.1, 0.15) is 5.82 Å². The lowest BCUT2D eigenvalue weighted by Gasteiger charge is -2.08. The summed E-state index contributed by atoms with van der Waals surface area (Å²) in [4.78, 5) is 24.5. The van der Waals surface area contributed by atoms with Crippen LogP contribution in [0.2, 0.25) is 0 Å². The molecule has 0 aliphatic rings. The van der Waals surface area contributed by atoms with Crippen molar-refractivity contribution in [1.29, 1.82) is 0 Å². The molecule has 4 nitrogen and oxygen atoms in total. The predicted molar refractivity (Wildman–Crippen MR) is 111 cm³/mol. The van der Waals surface area contributed by atoms with Crippen LogP contribution in [0.1, 0.15) is 37.4 Å². The van der Waals surface area contributed by atoms with Crippen LogP contribution in [0, 0.1) is 12.7 Å². The van der Waals surface area contributed by atoms with E-state index in [-0.39, 0.29) is 17.6 Å². The van der Waals surface area contributed by atoms with Gasteiger partial charge in [0.15, 0.2) is 0 Å². The zero-order valence-electron chi connectivity index (χ0n) is 16.2. The highest BCUT2D eigenvalue weighted by Gasteiger charge is 2.09. The molecule has 0 unspecified atom stereocenters. The lowest BCUT2D eigenvalue weighted by Crippen LogP contribution is -2.26. The second-order valence-corrected chi connectivity index (χ2v) is 6.88. The Morgan fingerprint density at radius 3 is 2.03 bits per heavy atom. The molecule has 3 aromatic rings. The summed E-state index contributed by atoms with van der Waals surface area (Å²) in [5.74, 6) is -0.672. The van der Waals surface area contributed by atoms with Gasteiger partial charge in [-0.1, -0.05) is 42.0 Å². The average molecular weight is 390 g/mol. The Kier molecular flexibility index (Phi) is 6.74. The van der Waals surface area contributed by atoms with Crippen molar-refractivity contribution >= 4 is 11.8 Å². The SMILES string of the molecule is Cc1cccc(CNC(=O)c2ccc(C(=O)NCCc3ccc(F)cc3)cc2)c1. The standard InChI is InChI=1S/C24H23FN2O2/c1-17-3-2-4-19(15-17)16-27-24(29)21-9-7-20(8-10-21)23(28)26-14-13-18-5-11-22(25)12-6-18/h2-12,15H,13-14,16H2,1H3,(H,26,28)(H,27,29). The molecule has 0 spiro atoms. The molecular weight excluding hydrogens is 367 g/mol. The number of hydrogen-bond donors (Lipinski definition) is 2. The fourth-order valence-corrected chi connectivity index (χ4v) is 2.95. The smallest absolute Gasteiger partial charge is 0.251 e. The summed E-state index contributed by atoms with van der Waals surface area (Å²) in [5, 5.41) is 5.71. The summed E-state index contributed by atoms with van der Waals surface area (Å²) < 4.78 is 12.9. The predicted octanol–water partition coefficient (Wildman–Crippen LogP) is 4.04. The third-order valence-corrected chi connectivity index (χ3v) is 4.56. The molecular formula is C24H23FN2O2. The molecule has 2 amide bonds. The Hall–Kier alpha value is -3.47. The van der Waals surface area contributed by atoms with Gasteiger partial charge < -0.3 is 10.6 Å². The van der Waals surface area contributed by atoms with E-state index < -0.39 is 0 Å². The highest BCUT2D eigenvalue weighted by Crippen LogP contribution is 2.07. The Bertz CT molecular complexity index is 983. The van der Waals surface area contributed by atoms with E-state index in [2.05, 4.69) is 10.6 Å². The summed E-state index contributed by atoms with van der Waals surface area (Å²) in [6.07, 6.45) is 0.617. The molecule has 0 aromatic heterocycles. The van der Waals surface area contributed by atoms with E-state index in [4.69, 9.17) is 0 Å². The van der Waals surface area contributed by atoms with Crippen LogP contribution in [0.25, 0.3) is 0 Å². The fourth-order valence-electron chi connectivity index (χ4n) is 2.95. The Balaban J connectivity index is 1.48. The Labute approximate surface area is 169 Å². The zero-order chi connectivity index (χ0) is 20.6. The van der Waals surface area contributed by atoms with Crippen molar-refractivity contribution in [2.45, 2.75) is 19.9 Å². The second-order valence-electron chi connectivity index (χ2n) is 6.88. The molecule has 3 aromatic carbocycles. The van der Waals surface area contributed by atoms with E-state index in [1.54, 1.807) is 36.4 Å². The first-order valence-corrected chi connectivity index (χ1v) is 9.48. The number of hydrogen-bond acceptors (Lipinski definition) is 2. The number of carbonyl (C=O) groups is 2. The third-order valence-electron chi connectivity index (χ3n) is 4.56. The maximum absolute atomic E-state index is 12.9. The fraction of sp³-hybridized carbons (Fsp3) is 0.167. The van der Waals surface area contributed by atoms with E-state index >= 15 is 0 Å². The quantitative estimate of drug-likeness (QED) is 0.640. The van der Waals surface area contributed by atoms with Crippen LogP contribution in [-0.4, -0.2) is 18.4 Å². The maximum Gasteiger partial charge on any atom is 0.251 e. The number of amides is 2.